The molecule has 0 unspecified atom stereocenters. The number of hydrogen-bond donors (Lipinski definition) is 3. The highest BCUT2D eigenvalue weighted by Gasteiger charge is 2.03. The number of hydrogen-bond acceptors (Lipinski definition) is 3. The second kappa shape index (κ2) is 9.99. The molecule has 1 heterocycles. The number of guanidine groups is 1. The zero-order chi connectivity index (χ0) is 17.0. The Kier molecular flexibility index (Phi) is 7.27. The highest BCUT2D eigenvalue weighted by atomic mass is 16.1. The second-order valence-corrected chi connectivity index (χ2v) is 5.12. The summed E-state index contributed by atoms with van der Waals surface area (Å²) in [6.45, 7) is 1.86. The smallest absolute Gasteiger partial charge is 0.251 e. The first-order valence-electron chi connectivity index (χ1n) is 7.97. The molecule has 1 aromatic carbocycles. The van der Waals surface area contributed by atoms with Gasteiger partial charge in [-0.05, 0) is 24.3 Å². The molecule has 6 heteroatoms. The lowest BCUT2D eigenvalue weighted by atomic mass is 10.2. The molecule has 0 aliphatic heterocycles. The van der Waals surface area contributed by atoms with Crippen LogP contribution in [0.4, 0.5) is 0 Å². The van der Waals surface area contributed by atoms with Crippen LogP contribution < -0.4 is 16.0 Å². The van der Waals surface area contributed by atoms with Gasteiger partial charge in [0.05, 0.1) is 0 Å². The molecule has 0 fully saturated rings. The van der Waals surface area contributed by atoms with Crippen molar-refractivity contribution in [2.75, 3.05) is 26.7 Å². The first-order valence-corrected chi connectivity index (χ1v) is 7.97. The van der Waals surface area contributed by atoms with E-state index in [1.165, 1.54) is 0 Å². The van der Waals surface area contributed by atoms with Crippen LogP contribution in [0.3, 0.4) is 0 Å². The van der Waals surface area contributed by atoms with Gasteiger partial charge in [0.25, 0.3) is 5.91 Å². The van der Waals surface area contributed by atoms with Crippen LogP contribution in [0, 0.1) is 0 Å². The molecule has 24 heavy (non-hydrogen) atoms. The minimum absolute atomic E-state index is 0.0736. The molecule has 0 aliphatic rings. The number of carbonyl (C=O) groups excluding carboxylic acids is 1. The SMILES string of the molecule is CN=C(NCCNC(=O)c1ccccc1)NCCc1ccccn1. The number of benzene rings is 1. The molecule has 0 bridgehead atoms. The lowest BCUT2D eigenvalue weighted by Crippen LogP contribution is -2.42. The molecule has 0 spiro atoms. The van der Waals surface area contributed by atoms with Gasteiger partial charge in [-0.2, -0.15) is 0 Å². The third kappa shape index (κ3) is 6.08. The lowest BCUT2D eigenvalue weighted by molar-refractivity contribution is 0.0954. The molecule has 0 radical (unpaired) electrons. The van der Waals surface area contributed by atoms with Gasteiger partial charge in [-0.3, -0.25) is 14.8 Å². The van der Waals surface area contributed by atoms with Gasteiger partial charge in [-0.1, -0.05) is 24.3 Å². The van der Waals surface area contributed by atoms with Gasteiger partial charge in [0.2, 0.25) is 0 Å². The summed E-state index contributed by atoms with van der Waals surface area (Å²) in [4.78, 5) is 20.3. The van der Waals surface area contributed by atoms with E-state index in [9.17, 15) is 4.79 Å². The van der Waals surface area contributed by atoms with Crippen LogP contribution in [0.5, 0.6) is 0 Å². The molecule has 6 nitrogen and oxygen atoms in total. The number of amides is 1. The van der Waals surface area contributed by atoms with Crippen LogP contribution in [0.25, 0.3) is 0 Å². The summed E-state index contributed by atoms with van der Waals surface area (Å²) >= 11 is 0. The third-order valence-corrected chi connectivity index (χ3v) is 3.36. The highest BCUT2D eigenvalue weighted by Crippen LogP contribution is 1.97. The Morgan fingerprint density at radius 1 is 0.958 bits per heavy atom. The van der Waals surface area contributed by atoms with Gasteiger partial charge in [0.15, 0.2) is 5.96 Å². The zero-order valence-electron chi connectivity index (χ0n) is 13.8. The molecule has 2 rings (SSSR count). The van der Waals surface area contributed by atoms with Crippen molar-refractivity contribution in [3.63, 3.8) is 0 Å². The topological polar surface area (TPSA) is 78.4 Å². The Morgan fingerprint density at radius 2 is 1.67 bits per heavy atom. The molecular weight excluding hydrogens is 302 g/mol. The van der Waals surface area contributed by atoms with Crippen molar-refractivity contribution in [2.45, 2.75) is 6.42 Å². The second-order valence-electron chi connectivity index (χ2n) is 5.12. The molecule has 0 aliphatic carbocycles. The van der Waals surface area contributed by atoms with Crippen LogP contribution in [0.2, 0.25) is 0 Å². The van der Waals surface area contributed by atoms with E-state index in [0.29, 0.717) is 24.6 Å². The maximum absolute atomic E-state index is 11.9. The molecule has 1 amide bonds. The van der Waals surface area contributed by atoms with E-state index in [-0.39, 0.29) is 5.91 Å². The Bertz CT molecular complexity index is 643. The standard InChI is InChI=1S/C18H23N5O/c1-19-18(22-12-10-16-9-5-6-11-20-16)23-14-13-21-17(24)15-7-3-2-4-8-15/h2-9,11H,10,12-14H2,1H3,(H,21,24)(H2,19,22,23). The van der Waals surface area contributed by atoms with Crippen molar-refractivity contribution in [3.8, 4) is 0 Å². The van der Waals surface area contributed by atoms with Gasteiger partial charge in [-0.25, -0.2) is 0 Å². The van der Waals surface area contributed by atoms with E-state index in [4.69, 9.17) is 0 Å². The molecule has 3 N–H and O–H groups in total. The Morgan fingerprint density at radius 3 is 2.38 bits per heavy atom. The van der Waals surface area contributed by atoms with Gasteiger partial charge < -0.3 is 16.0 Å². The van der Waals surface area contributed by atoms with Gasteiger partial charge >= 0.3 is 0 Å². The quantitative estimate of drug-likeness (QED) is 0.406. The Balaban J connectivity index is 1.62. The fraction of sp³-hybridized carbons (Fsp3) is 0.278. The van der Waals surface area contributed by atoms with Crippen LogP contribution in [0.15, 0.2) is 59.7 Å². The van der Waals surface area contributed by atoms with Crippen molar-refractivity contribution in [1.82, 2.24) is 20.9 Å². The molecular formula is C18H23N5O. The maximum Gasteiger partial charge on any atom is 0.251 e. The monoisotopic (exact) mass is 325 g/mol. The summed E-state index contributed by atoms with van der Waals surface area (Å²) in [6.07, 6.45) is 2.62. The number of aromatic nitrogens is 1. The van der Waals surface area contributed by atoms with E-state index in [2.05, 4.69) is 25.9 Å². The van der Waals surface area contributed by atoms with Gasteiger partial charge in [-0.15, -0.1) is 0 Å². The zero-order valence-corrected chi connectivity index (χ0v) is 13.8. The van der Waals surface area contributed by atoms with Crippen molar-refractivity contribution >= 4 is 11.9 Å². The van der Waals surface area contributed by atoms with E-state index in [0.717, 1.165) is 18.7 Å². The minimum Gasteiger partial charge on any atom is -0.356 e. The van der Waals surface area contributed by atoms with Crippen LogP contribution in [-0.2, 0) is 6.42 Å². The molecule has 2 aromatic rings. The van der Waals surface area contributed by atoms with E-state index >= 15 is 0 Å². The van der Waals surface area contributed by atoms with E-state index in [1.54, 1.807) is 25.4 Å². The molecule has 0 atom stereocenters. The number of rotatable bonds is 7. The maximum atomic E-state index is 11.9. The number of pyridine rings is 1. The summed E-state index contributed by atoms with van der Waals surface area (Å²) < 4.78 is 0. The van der Waals surface area contributed by atoms with Crippen molar-refractivity contribution in [3.05, 3.63) is 66.0 Å². The Hall–Kier alpha value is -2.89. The predicted octanol–water partition coefficient (Wildman–Crippen LogP) is 1.22. The fourth-order valence-corrected chi connectivity index (χ4v) is 2.12. The Labute approximate surface area is 142 Å². The summed E-state index contributed by atoms with van der Waals surface area (Å²) in [5, 5.41) is 9.26. The number of carbonyl (C=O) groups is 1. The number of nitrogens with zero attached hydrogens (tertiary/aromatic N) is 2. The third-order valence-electron chi connectivity index (χ3n) is 3.36. The number of aliphatic imine (C=N–C) groups is 1. The lowest BCUT2D eigenvalue weighted by Gasteiger charge is -2.12. The van der Waals surface area contributed by atoms with Crippen LogP contribution >= 0.6 is 0 Å². The van der Waals surface area contributed by atoms with Crippen molar-refractivity contribution < 1.29 is 4.79 Å². The predicted molar refractivity (Wildman–Crippen MR) is 96.1 cm³/mol. The largest absolute Gasteiger partial charge is 0.356 e. The molecule has 0 saturated carbocycles. The average molecular weight is 325 g/mol. The van der Waals surface area contributed by atoms with Gasteiger partial charge in [0, 0.05) is 50.6 Å². The first kappa shape index (κ1) is 17.5. The normalized spacial score (nSPS) is 11.0. The number of nitrogens with one attached hydrogen (secondary N) is 3. The summed E-state index contributed by atoms with van der Waals surface area (Å²) in [5.74, 6) is 0.635. The van der Waals surface area contributed by atoms with Crippen molar-refractivity contribution in [2.24, 2.45) is 4.99 Å². The molecule has 126 valence electrons. The molecule has 1 aromatic heterocycles. The first-order chi connectivity index (χ1) is 11.8. The summed E-state index contributed by atoms with van der Waals surface area (Å²) in [7, 11) is 1.72. The summed E-state index contributed by atoms with van der Waals surface area (Å²) in [6, 6.07) is 15.0. The van der Waals surface area contributed by atoms with E-state index in [1.807, 2.05) is 36.4 Å². The fourth-order valence-electron chi connectivity index (χ4n) is 2.12. The highest BCUT2D eigenvalue weighted by molar-refractivity contribution is 5.94. The van der Waals surface area contributed by atoms with Crippen LogP contribution in [-0.4, -0.2) is 43.5 Å². The van der Waals surface area contributed by atoms with Crippen LogP contribution in [0.1, 0.15) is 16.1 Å². The summed E-state index contributed by atoms with van der Waals surface area (Å²) in [5.41, 5.74) is 1.70. The van der Waals surface area contributed by atoms with E-state index < -0.39 is 0 Å². The van der Waals surface area contributed by atoms with Crippen molar-refractivity contribution in [1.29, 1.82) is 0 Å². The minimum atomic E-state index is -0.0736. The average Bonchev–Trinajstić information content (AvgIpc) is 2.65. The molecule has 0 saturated heterocycles. The van der Waals surface area contributed by atoms with Gasteiger partial charge in [0.1, 0.15) is 0 Å².